The molecule has 7 heteroatoms. The van der Waals surface area contributed by atoms with Gasteiger partial charge in [-0.3, -0.25) is 4.79 Å². The lowest BCUT2D eigenvalue weighted by atomic mass is 10.0. The first-order valence-electron chi connectivity index (χ1n) is 8.55. The normalized spacial score (nSPS) is 10.6. The molecule has 1 aromatic carbocycles. The smallest absolute Gasteiger partial charge is 0.277 e. The quantitative estimate of drug-likeness (QED) is 0.700. The van der Waals surface area contributed by atoms with Crippen LogP contribution in [0.1, 0.15) is 41.2 Å². The minimum Gasteiger partial charge on any atom is -0.360 e. The SMILES string of the molecule is CCc1cccc(CC)c1Nc1cnc(C(=O)Nc2cc(C)on2)cn1. The Labute approximate surface area is 151 Å². The number of nitrogens with one attached hydrogen (secondary N) is 2. The van der Waals surface area contributed by atoms with Crippen LogP contribution in [0.25, 0.3) is 0 Å². The Bertz CT molecular complexity index is 880. The minimum atomic E-state index is -0.388. The predicted octanol–water partition coefficient (Wildman–Crippen LogP) is 3.89. The molecule has 2 N–H and O–H groups in total. The summed E-state index contributed by atoms with van der Waals surface area (Å²) in [5.74, 6) is 1.17. The Hall–Kier alpha value is -3.22. The molecule has 3 aromatic rings. The van der Waals surface area contributed by atoms with Gasteiger partial charge in [-0.2, -0.15) is 0 Å². The fraction of sp³-hybridized carbons (Fsp3) is 0.263. The lowest BCUT2D eigenvalue weighted by Crippen LogP contribution is -2.14. The number of anilines is 3. The van der Waals surface area contributed by atoms with Crippen molar-refractivity contribution < 1.29 is 9.32 Å². The summed E-state index contributed by atoms with van der Waals surface area (Å²) in [6, 6.07) is 7.88. The van der Waals surface area contributed by atoms with Crippen molar-refractivity contribution in [3.63, 3.8) is 0 Å². The molecular formula is C19H21N5O2. The standard InChI is InChI=1S/C19H21N5O2/c1-4-13-7-6-8-14(5-2)18(13)22-17-11-20-15(10-21-17)19(25)23-16-9-12(3)26-24-16/h6-11H,4-5H2,1-3H3,(H,21,22)(H,23,24,25). The monoisotopic (exact) mass is 351 g/mol. The van der Waals surface area contributed by atoms with Crippen molar-refractivity contribution in [3.05, 3.63) is 59.2 Å². The first-order valence-corrected chi connectivity index (χ1v) is 8.55. The zero-order chi connectivity index (χ0) is 18.5. The molecule has 2 heterocycles. The maximum atomic E-state index is 12.2. The minimum absolute atomic E-state index is 0.204. The van der Waals surface area contributed by atoms with Crippen molar-refractivity contribution in [2.75, 3.05) is 10.6 Å². The molecule has 0 fully saturated rings. The van der Waals surface area contributed by atoms with E-state index < -0.39 is 0 Å². The lowest BCUT2D eigenvalue weighted by molar-refractivity contribution is 0.102. The second-order valence-corrected chi connectivity index (χ2v) is 5.85. The van der Waals surface area contributed by atoms with Crippen LogP contribution >= 0.6 is 0 Å². The fourth-order valence-electron chi connectivity index (χ4n) is 2.65. The summed E-state index contributed by atoms with van der Waals surface area (Å²) in [4.78, 5) is 20.7. The van der Waals surface area contributed by atoms with E-state index in [-0.39, 0.29) is 11.6 Å². The van der Waals surface area contributed by atoms with Gasteiger partial charge in [-0.05, 0) is 30.9 Å². The van der Waals surface area contributed by atoms with E-state index in [1.54, 1.807) is 19.2 Å². The van der Waals surface area contributed by atoms with Gasteiger partial charge in [-0.25, -0.2) is 9.97 Å². The zero-order valence-electron chi connectivity index (χ0n) is 15.0. The highest BCUT2D eigenvalue weighted by Crippen LogP contribution is 2.25. The van der Waals surface area contributed by atoms with Crippen LogP contribution in [0.3, 0.4) is 0 Å². The Morgan fingerprint density at radius 1 is 1.08 bits per heavy atom. The van der Waals surface area contributed by atoms with Gasteiger partial charge in [-0.1, -0.05) is 37.2 Å². The van der Waals surface area contributed by atoms with E-state index in [1.807, 2.05) is 0 Å². The molecule has 0 unspecified atom stereocenters. The highest BCUT2D eigenvalue weighted by molar-refractivity contribution is 6.02. The van der Waals surface area contributed by atoms with Crippen LogP contribution in [-0.2, 0) is 12.8 Å². The molecule has 26 heavy (non-hydrogen) atoms. The topological polar surface area (TPSA) is 92.9 Å². The van der Waals surface area contributed by atoms with E-state index >= 15 is 0 Å². The van der Waals surface area contributed by atoms with Gasteiger partial charge in [0.25, 0.3) is 5.91 Å². The molecule has 0 aliphatic rings. The van der Waals surface area contributed by atoms with Crippen molar-refractivity contribution >= 4 is 23.2 Å². The third-order valence-corrected chi connectivity index (χ3v) is 4.01. The second kappa shape index (κ2) is 7.77. The number of hydrogen-bond donors (Lipinski definition) is 2. The summed E-state index contributed by atoms with van der Waals surface area (Å²) in [7, 11) is 0. The van der Waals surface area contributed by atoms with Crippen molar-refractivity contribution in [2.45, 2.75) is 33.6 Å². The van der Waals surface area contributed by atoms with Crippen LogP contribution in [-0.4, -0.2) is 21.0 Å². The number of carbonyl (C=O) groups excluding carboxylic acids is 1. The molecule has 0 aliphatic heterocycles. The van der Waals surface area contributed by atoms with E-state index in [1.165, 1.54) is 17.3 Å². The molecule has 0 bridgehead atoms. The number of amides is 1. The van der Waals surface area contributed by atoms with E-state index in [0.29, 0.717) is 17.4 Å². The number of carbonyl (C=O) groups is 1. The largest absolute Gasteiger partial charge is 0.360 e. The highest BCUT2D eigenvalue weighted by Gasteiger charge is 2.12. The second-order valence-electron chi connectivity index (χ2n) is 5.85. The van der Waals surface area contributed by atoms with Crippen molar-refractivity contribution in [1.29, 1.82) is 0 Å². The van der Waals surface area contributed by atoms with Crippen LogP contribution in [0.2, 0.25) is 0 Å². The van der Waals surface area contributed by atoms with E-state index in [0.717, 1.165) is 18.5 Å². The highest BCUT2D eigenvalue weighted by atomic mass is 16.5. The number of aromatic nitrogens is 3. The molecule has 0 saturated heterocycles. The molecular weight excluding hydrogens is 330 g/mol. The number of para-hydroxylation sites is 1. The summed E-state index contributed by atoms with van der Waals surface area (Å²) < 4.78 is 4.92. The van der Waals surface area contributed by atoms with Crippen LogP contribution < -0.4 is 10.6 Å². The Morgan fingerprint density at radius 3 is 2.35 bits per heavy atom. The van der Waals surface area contributed by atoms with Crippen molar-refractivity contribution in [2.24, 2.45) is 0 Å². The molecule has 0 radical (unpaired) electrons. The van der Waals surface area contributed by atoms with Gasteiger partial charge in [0.15, 0.2) is 5.82 Å². The maximum Gasteiger partial charge on any atom is 0.277 e. The number of rotatable bonds is 6. The van der Waals surface area contributed by atoms with Gasteiger partial charge >= 0.3 is 0 Å². The third kappa shape index (κ3) is 3.88. The summed E-state index contributed by atoms with van der Waals surface area (Å²) in [6.45, 7) is 5.98. The first-order chi connectivity index (χ1) is 12.6. The summed E-state index contributed by atoms with van der Waals surface area (Å²) >= 11 is 0. The Balaban J connectivity index is 1.75. The average Bonchev–Trinajstić information content (AvgIpc) is 3.07. The van der Waals surface area contributed by atoms with Gasteiger partial charge in [0, 0.05) is 11.8 Å². The molecule has 134 valence electrons. The van der Waals surface area contributed by atoms with E-state index in [9.17, 15) is 4.79 Å². The van der Waals surface area contributed by atoms with Crippen LogP contribution in [0.5, 0.6) is 0 Å². The summed E-state index contributed by atoms with van der Waals surface area (Å²) in [6.07, 6.45) is 4.82. The number of hydrogen-bond acceptors (Lipinski definition) is 6. The van der Waals surface area contributed by atoms with Gasteiger partial charge in [0.05, 0.1) is 12.4 Å². The zero-order valence-corrected chi connectivity index (χ0v) is 15.0. The number of aryl methyl sites for hydroxylation is 3. The maximum absolute atomic E-state index is 12.2. The molecule has 3 rings (SSSR count). The molecule has 2 aromatic heterocycles. The van der Waals surface area contributed by atoms with Crippen LogP contribution in [0, 0.1) is 6.92 Å². The molecule has 0 spiro atoms. The van der Waals surface area contributed by atoms with Crippen LogP contribution in [0.4, 0.5) is 17.3 Å². The van der Waals surface area contributed by atoms with E-state index in [4.69, 9.17) is 4.52 Å². The fourth-order valence-corrected chi connectivity index (χ4v) is 2.65. The Kier molecular flexibility index (Phi) is 5.26. The third-order valence-electron chi connectivity index (χ3n) is 4.01. The lowest BCUT2D eigenvalue weighted by Gasteiger charge is -2.14. The number of nitrogens with zero attached hydrogens (tertiary/aromatic N) is 3. The van der Waals surface area contributed by atoms with Gasteiger partial charge < -0.3 is 15.2 Å². The number of benzene rings is 1. The molecule has 0 saturated carbocycles. The predicted molar refractivity (Wildman–Crippen MR) is 99.7 cm³/mol. The molecule has 1 amide bonds. The van der Waals surface area contributed by atoms with Crippen molar-refractivity contribution in [3.8, 4) is 0 Å². The molecule has 0 atom stereocenters. The van der Waals surface area contributed by atoms with Gasteiger partial charge in [-0.15, -0.1) is 0 Å². The van der Waals surface area contributed by atoms with E-state index in [2.05, 4.69) is 57.8 Å². The van der Waals surface area contributed by atoms with Crippen LogP contribution in [0.15, 0.2) is 41.2 Å². The molecule has 0 aliphatic carbocycles. The van der Waals surface area contributed by atoms with Gasteiger partial charge in [0.1, 0.15) is 17.3 Å². The van der Waals surface area contributed by atoms with Gasteiger partial charge in [0.2, 0.25) is 0 Å². The first kappa shape index (κ1) is 17.6. The van der Waals surface area contributed by atoms with Crippen molar-refractivity contribution in [1.82, 2.24) is 15.1 Å². The average molecular weight is 351 g/mol. The molecule has 7 nitrogen and oxygen atoms in total. The Morgan fingerprint density at radius 2 is 1.81 bits per heavy atom. The summed E-state index contributed by atoms with van der Waals surface area (Å²) in [5.41, 5.74) is 3.70. The summed E-state index contributed by atoms with van der Waals surface area (Å²) in [5, 5.41) is 9.67.